The van der Waals surface area contributed by atoms with E-state index in [2.05, 4.69) is 0 Å². The van der Waals surface area contributed by atoms with Crippen LogP contribution in [0.1, 0.15) is 30.1 Å². The number of ketones is 2. The van der Waals surface area contributed by atoms with Crippen LogP contribution >= 0.6 is 0 Å². The topological polar surface area (TPSA) is 34.1 Å². The van der Waals surface area contributed by atoms with Gasteiger partial charge in [-0.05, 0) is 12.1 Å². The summed E-state index contributed by atoms with van der Waals surface area (Å²) >= 11 is 0. The predicted molar refractivity (Wildman–Crippen MR) is 50.6 cm³/mol. The fourth-order valence-electron chi connectivity index (χ4n) is 1.12. The number of hydrogen-bond donors (Lipinski definition) is 0. The Kier molecular flexibility index (Phi) is 3.66. The van der Waals surface area contributed by atoms with E-state index in [-0.39, 0.29) is 24.2 Å². The maximum absolute atomic E-state index is 12.7. The van der Waals surface area contributed by atoms with E-state index in [9.17, 15) is 18.4 Å². The molecule has 0 aliphatic heterocycles. The first-order valence-corrected chi connectivity index (χ1v) is 4.54. The number of rotatable bonds is 4. The van der Waals surface area contributed by atoms with E-state index in [1.165, 1.54) is 0 Å². The van der Waals surface area contributed by atoms with Crippen molar-refractivity contribution < 1.29 is 18.4 Å². The lowest BCUT2D eigenvalue weighted by atomic mass is 10.0. The van der Waals surface area contributed by atoms with Gasteiger partial charge in [-0.1, -0.05) is 6.92 Å². The Morgan fingerprint density at radius 3 is 2.13 bits per heavy atom. The Morgan fingerprint density at radius 2 is 1.67 bits per heavy atom. The molecule has 2 nitrogen and oxygen atoms in total. The van der Waals surface area contributed by atoms with Crippen molar-refractivity contribution in [2.24, 2.45) is 0 Å². The normalized spacial score (nSPS) is 10.1. The SMILES string of the molecule is CCC(=O)CC(=O)c1cc(F)cc(F)c1. The van der Waals surface area contributed by atoms with Gasteiger partial charge in [0.25, 0.3) is 0 Å². The molecule has 0 N–H and O–H groups in total. The van der Waals surface area contributed by atoms with Crippen LogP contribution in [0.2, 0.25) is 0 Å². The lowest BCUT2D eigenvalue weighted by Crippen LogP contribution is -2.07. The van der Waals surface area contributed by atoms with E-state index in [0.717, 1.165) is 12.1 Å². The van der Waals surface area contributed by atoms with Crippen LogP contribution in [0.3, 0.4) is 0 Å². The molecule has 0 amide bonds. The minimum Gasteiger partial charge on any atom is -0.299 e. The zero-order chi connectivity index (χ0) is 11.4. The second kappa shape index (κ2) is 4.77. The van der Waals surface area contributed by atoms with Crippen molar-refractivity contribution in [1.29, 1.82) is 0 Å². The van der Waals surface area contributed by atoms with E-state index < -0.39 is 17.4 Å². The summed E-state index contributed by atoms with van der Waals surface area (Å²) in [5, 5.41) is 0. The second-order valence-electron chi connectivity index (χ2n) is 3.15. The number of carbonyl (C=O) groups excluding carboxylic acids is 2. The molecule has 0 saturated carbocycles. The summed E-state index contributed by atoms with van der Waals surface area (Å²) in [6.45, 7) is 1.63. The van der Waals surface area contributed by atoms with Gasteiger partial charge in [-0.15, -0.1) is 0 Å². The molecule has 0 heterocycles. The summed E-state index contributed by atoms with van der Waals surface area (Å²) in [6, 6.07) is 2.53. The molecule has 15 heavy (non-hydrogen) atoms. The van der Waals surface area contributed by atoms with Gasteiger partial charge in [-0.2, -0.15) is 0 Å². The Labute approximate surface area is 85.9 Å². The first kappa shape index (κ1) is 11.5. The van der Waals surface area contributed by atoms with Crippen molar-refractivity contribution >= 4 is 11.6 Å². The molecular weight excluding hydrogens is 202 g/mol. The van der Waals surface area contributed by atoms with E-state index >= 15 is 0 Å². The maximum atomic E-state index is 12.7. The highest BCUT2D eigenvalue weighted by molar-refractivity contribution is 6.07. The summed E-state index contributed by atoms with van der Waals surface area (Å²) in [7, 11) is 0. The highest BCUT2D eigenvalue weighted by Crippen LogP contribution is 2.10. The number of hydrogen-bond acceptors (Lipinski definition) is 2. The molecule has 0 spiro atoms. The maximum Gasteiger partial charge on any atom is 0.170 e. The molecule has 0 unspecified atom stereocenters. The van der Waals surface area contributed by atoms with Crippen LogP contribution in [0.25, 0.3) is 0 Å². The molecule has 1 rings (SSSR count). The third-order valence-electron chi connectivity index (χ3n) is 1.94. The van der Waals surface area contributed by atoms with Gasteiger partial charge in [0.2, 0.25) is 0 Å². The van der Waals surface area contributed by atoms with Crippen LogP contribution in [0.15, 0.2) is 18.2 Å². The lowest BCUT2D eigenvalue weighted by Gasteiger charge is -2.00. The van der Waals surface area contributed by atoms with Gasteiger partial charge in [-0.3, -0.25) is 9.59 Å². The zero-order valence-electron chi connectivity index (χ0n) is 8.22. The van der Waals surface area contributed by atoms with Crippen molar-refractivity contribution in [2.75, 3.05) is 0 Å². The van der Waals surface area contributed by atoms with Crippen molar-refractivity contribution in [3.8, 4) is 0 Å². The van der Waals surface area contributed by atoms with Crippen LogP contribution in [0.4, 0.5) is 8.78 Å². The molecule has 1 aromatic carbocycles. The Morgan fingerprint density at radius 1 is 1.13 bits per heavy atom. The summed E-state index contributed by atoms with van der Waals surface area (Å²) in [4.78, 5) is 22.3. The average molecular weight is 212 g/mol. The van der Waals surface area contributed by atoms with Gasteiger partial charge in [0, 0.05) is 18.1 Å². The van der Waals surface area contributed by atoms with Gasteiger partial charge >= 0.3 is 0 Å². The van der Waals surface area contributed by atoms with Crippen molar-refractivity contribution in [3.63, 3.8) is 0 Å². The number of halogens is 2. The highest BCUT2D eigenvalue weighted by Gasteiger charge is 2.12. The largest absolute Gasteiger partial charge is 0.299 e. The number of benzene rings is 1. The highest BCUT2D eigenvalue weighted by atomic mass is 19.1. The first-order valence-electron chi connectivity index (χ1n) is 4.54. The smallest absolute Gasteiger partial charge is 0.170 e. The minimum absolute atomic E-state index is 0.102. The van der Waals surface area contributed by atoms with Crippen LogP contribution < -0.4 is 0 Å². The van der Waals surface area contributed by atoms with Crippen LogP contribution in [-0.4, -0.2) is 11.6 Å². The number of Topliss-reactive ketones (excluding diaryl/α,β-unsaturated/α-hetero) is 2. The molecule has 4 heteroatoms. The average Bonchev–Trinajstić information content (AvgIpc) is 2.16. The van der Waals surface area contributed by atoms with E-state index in [1.807, 2.05) is 0 Å². The molecule has 0 bridgehead atoms. The quantitative estimate of drug-likeness (QED) is 0.567. The molecule has 0 atom stereocenters. The third-order valence-corrected chi connectivity index (χ3v) is 1.94. The Bertz CT molecular complexity index is 379. The monoisotopic (exact) mass is 212 g/mol. The van der Waals surface area contributed by atoms with Gasteiger partial charge in [-0.25, -0.2) is 8.78 Å². The standard InChI is InChI=1S/C11H10F2O2/c1-2-10(14)6-11(15)7-3-8(12)5-9(13)4-7/h3-5H,2,6H2,1H3. The van der Waals surface area contributed by atoms with E-state index in [1.54, 1.807) is 6.92 Å². The molecular formula is C11H10F2O2. The molecule has 0 fully saturated rings. The minimum atomic E-state index is -0.817. The predicted octanol–water partition coefficient (Wildman–Crippen LogP) is 2.52. The molecule has 0 aliphatic carbocycles. The third kappa shape index (κ3) is 3.23. The fraction of sp³-hybridized carbons (Fsp3) is 0.273. The number of carbonyl (C=O) groups is 2. The summed E-state index contributed by atoms with van der Waals surface area (Å²) in [6.07, 6.45) is -0.0665. The summed E-state index contributed by atoms with van der Waals surface area (Å²) < 4.78 is 25.5. The Balaban J connectivity index is 2.86. The van der Waals surface area contributed by atoms with Crippen molar-refractivity contribution in [2.45, 2.75) is 19.8 Å². The molecule has 1 aromatic rings. The van der Waals surface area contributed by atoms with Crippen LogP contribution in [0.5, 0.6) is 0 Å². The van der Waals surface area contributed by atoms with Crippen LogP contribution in [0, 0.1) is 11.6 Å². The molecule has 0 aromatic heterocycles. The van der Waals surface area contributed by atoms with Gasteiger partial charge in [0.1, 0.15) is 17.4 Å². The van der Waals surface area contributed by atoms with Crippen LogP contribution in [-0.2, 0) is 4.79 Å². The lowest BCUT2D eigenvalue weighted by molar-refractivity contribution is -0.117. The molecule has 80 valence electrons. The summed E-state index contributed by atoms with van der Waals surface area (Å²) in [5.74, 6) is -2.44. The molecule has 0 radical (unpaired) electrons. The van der Waals surface area contributed by atoms with Gasteiger partial charge in [0.05, 0.1) is 6.42 Å². The van der Waals surface area contributed by atoms with E-state index in [4.69, 9.17) is 0 Å². The van der Waals surface area contributed by atoms with Crippen molar-refractivity contribution in [1.82, 2.24) is 0 Å². The zero-order valence-corrected chi connectivity index (χ0v) is 8.22. The molecule has 0 saturated heterocycles. The molecule has 0 aliphatic rings. The van der Waals surface area contributed by atoms with Crippen molar-refractivity contribution in [3.05, 3.63) is 35.4 Å². The fourth-order valence-corrected chi connectivity index (χ4v) is 1.12. The van der Waals surface area contributed by atoms with Gasteiger partial charge in [0.15, 0.2) is 5.78 Å². The Hall–Kier alpha value is -1.58. The van der Waals surface area contributed by atoms with E-state index in [0.29, 0.717) is 6.07 Å². The second-order valence-corrected chi connectivity index (χ2v) is 3.15. The van der Waals surface area contributed by atoms with Gasteiger partial charge < -0.3 is 0 Å². The first-order chi connectivity index (χ1) is 7.02. The summed E-state index contributed by atoms with van der Waals surface area (Å²) in [5.41, 5.74) is -0.102.